The molecular weight excluding hydrogens is 246 g/mol. The van der Waals surface area contributed by atoms with E-state index in [0.717, 1.165) is 6.54 Å². The van der Waals surface area contributed by atoms with Gasteiger partial charge in [-0.3, -0.25) is 9.79 Å². The minimum Gasteiger partial charge on any atom is -0.469 e. The zero-order chi connectivity index (χ0) is 14.9. The van der Waals surface area contributed by atoms with Crippen molar-refractivity contribution in [1.82, 2.24) is 10.6 Å². The third-order valence-corrected chi connectivity index (χ3v) is 2.69. The Hall–Kier alpha value is -1.30. The van der Waals surface area contributed by atoms with Crippen LogP contribution in [0.2, 0.25) is 0 Å². The number of aliphatic imine (C=N–C) groups is 1. The van der Waals surface area contributed by atoms with Gasteiger partial charge in [-0.05, 0) is 20.8 Å². The van der Waals surface area contributed by atoms with Crippen molar-refractivity contribution in [3.63, 3.8) is 0 Å². The van der Waals surface area contributed by atoms with E-state index >= 15 is 0 Å². The molecule has 0 bridgehead atoms. The van der Waals surface area contributed by atoms with E-state index in [4.69, 9.17) is 4.74 Å². The second-order valence-corrected chi connectivity index (χ2v) is 4.96. The van der Waals surface area contributed by atoms with Crippen molar-refractivity contribution < 1.29 is 14.3 Å². The Balaban J connectivity index is 4.41. The fraction of sp³-hybridized carbons (Fsp3) is 0.846. The smallest absolute Gasteiger partial charge is 0.310 e. The molecule has 0 heterocycles. The zero-order valence-corrected chi connectivity index (χ0v) is 12.9. The summed E-state index contributed by atoms with van der Waals surface area (Å²) in [5.74, 6) is 0.216. The summed E-state index contributed by atoms with van der Waals surface area (Å²) < 4.78 is 9.99. The second kappa shape index (κ2) is 8.74. The lowest BCUT2D eigenvalue weighted by Crippen LogP contribution is -2.42. The molecule has 0 aliphatic carbocycles. The summed E-state index contributed by atoms with van der Waals surface area (Å²) in [5, 5.41) is 6.24. The van der Waals surface area contributed by atoms with Gasteiger partial charge in [0.2, 0.25) is 0 Å². The first-order chi connectivity index (χ1) is 8.86. The lowest BCUT2D eigenvalue weighted by molar-refractivity contribution is -0.144. The minimum absolute atomic E-state index is 0.218. The van der Waals surface area contributed by atoms with Crippen LogP contribution >= 0.6 is 0 Å². The molecule has 0 fully saturated rings. The van der Waals surface area contributed by atoms with Gasteiger partial charge in [-0.2, -0.15) is 0 Å². The topological polar surface area (TPSA) is 72.0 Å². The molecule has 112 valence electrons. The molecule has 0 aromatic rings. The summed E-state index contributed by atoms with van der Waals surface area (Å²) in [5.41, 5.74) is -0.309. The second-order valence-electron chi connectivity index (χ2n) is 4.96. The van der Waals surface area contributed by atoms with Crippen LogP contribution in [0.4, 0.5) is 0 Å². The van der Waals surface area contributed by atoms with Crippen molar-refractivity contribution in [3.8, 4) is 0 Å². The number of carbonyl (C=O) groups is 1. The lowest BCUT2D eigenvalue weighted by Gasteiger charge is -2.21. The fourth-order valence-corrected chi connectivity index (χ4v) is 1.21. The summed E-state index contributed by atoms with van der Waals surface area (Å²) in [6.45, 7) is 9.50. The molecule has 19 heavy (non-hydrogen) atoms. The molecule has 0 aliphatic rings. The van der Waals surface area contributed by atoms with Crippen LogP contribution < -0.4 is 10.6 Å². The van der Waals surface area contributed by atoms with Gasteiger partial charge in [0.1, 0.15) is 0 Å². The first-order valence-electron chi connectivity index (χ1n) is 6.51. The van der Waals surface area contributed by atoms with Gasteiger partial charge in [0, 0.05) is 20.2 Å². The molecule has 0 aliphatic heterocycles. The zero-order valence-electron chi connectivity index (χ0n) is 12.9. The monoisotopic (exact) mass is 273 g/mol. The van der Waals surface area contributed by atoms with Crippen molar-refractivity contribution in [2.75, 3.05) is 33.9 Å². The summed E-state index contributed by atoms with van der Waals surface area (Å²) in [4.78, 5) is 15.7. The summed E-state index contributed by atoms with van der Waals surface area (Å²) in [6, 6.07) is 0. The highest BCUT2D eigenvalue weighted by Gasteiger charge is 2.17. The third kappa shape index (κ3) is 7.66. The van der Waals surface area contributed by atoms with E-state index in [1.54, 1.807) is 7.11 Å². The Labute approximate surface area is 116 Å². The molecule has 0 aromatic carbocycles. The average molecular weight is 273 g/mol. The number of guanidine groups is 1. The van der Waals surface area contributed by atoms with Crippen molar-refractivity contribution in [2.24, 2.45) is 10.9 Å². The number of ether oxygens (including phenoxy) is 2. The minimum atomic E-state index is -0.309. The van der Waals surface area contributed by atoms with Crippen LogP contribution in [0.15, 0.2) is 4.99 Å². The molecule has 0 spiro atoms. The molecule has 0 amide bonds. The fourth-order valence-electron chi connectivity index (χ4n) is 1.21. The predicted octanol–water partition coefficient (Wildman–Crippen LogP) is 0.776. The third-order valence-electron chi connectivity index (χ3n) is 2.69. The van der Waals surface area contributed by atoms with Gasteiger partial charge < -0.3 is 20.1 Å². The van der Waals surface area contributed by atoms with E-state index in [1.165, 1.54) is 7.11 Å². The normalized spacial score (nSPS) is 13.9. The standard InChI is InChI=1S/C13H27N3O3/c1-7-14-12(16-9-13(3,4)19-6)15-8-10(2)11(17)18-5/h10H,7-9H2,1-6H3,(H2,14,15,16). The largest absolute Gasteiger partial charge is 0.469 e. The Morgan fingerprint density at radius 1 is 1.32 bits per heavy atom. The van der Waals surface area contributed by atoms with Gasteiger partial charge >= 0.3 is 5.97 Å². The van der Waals surface area contributed by atoms with Gasteiger partial charge in [0.15, 0.2) is 5.96 Å². The van der Waals surface area contributed by atoms with Crippen LogP contribution in [-0.2, 0) is 14.3 Å². The highest BCUT2D eigenvalue weighted by Crippen LogP contribution is 2.07. The van der Waals surface area contributed by atoms with Crippen LogP contribution in [0.25, 0.3) is 0 Å². The maximum absolute atomic E-state index is 11.3. The molecule has 1 unspecified atom stereocenters. The van der Waals surface area contributed by atoms with Crippen molar-refractivity contribution in [2.45, 2.75) is 33.3 Å². The maximum atomic E-state index is 11.3. The van der Waals surface area contributed by atoms with E-state index in [1.807, 2.05) is 27.7 Å². The summed E-state index contributed by atoms with van der Waals surface area (Å²) in [7, 11) is 3.05. The molecule has 6 heteroatoms. The van der Waals surface area contributed by atoms with Gasteiger partial charge in [-0.1, -0.05) is 6.92 Å². The summed E-state index contributed by atoms with van der Waals surface area (Å²) in [6.07, 6.45) is 0. The maximum Gasteiger partial charge on any atom is 0.310 e. The number of carbonyl (C=O) groups excluding carboxylic acids is 1. The highest BCUT2D eigenvalue weighted by molar-refractivity contribution is 5.80. The van der Waals surface area contributed by atoms with E-state index in [-0.39, 0.29) is 17.5 Å². The summed E-state index contributed by atoms with van der Waals surface area (Å²) >= 11 is 0. The van der Waals surface area contributed by atoms with Gasteiger partial charge in [0.05, 0.1) is 25.2 Å². The number of nitrogens with one attached hydrogen (secondary N) is 2. The number of rotatable bonds is 7. The van der Waals surface area contributed by atoms with E-state index < -0.39 is 0 Å². The first kappa shape index (κ1) is 17.7. The van der Waals surface area contributed by atoms with Crippen LogP contribution in [0.3, 0.4) is 0 Å². The van der Waals surface area contributed by atoms with Gasteiger partial charge in [-0.25, -0.2) is 0 Å². The van der Waals surface area contributed by atoms with E-state index in [9.17, 15) is 4.79 Å². The van der Waals surface area contributed by atoms with Crippen LogP contribution in [0.5, 0.6) is 0 Å². The molecule has 0 saturated carbocycles. The molecular formula is C13H27N3O3. The Bertz CT molecular complexity index is 304. The van der Waals surface area contributed by atoms with E-state index in [0.29, 0.717) is 19.0 Å². The quantitative estimate of drug-likeness (QED) is 0.407. The number of methoxy groups -OCH3 is 2. The Kier molecular flexibility index (Phi) is 8.14. The van der Waals surface area contributed by atoms with Crippen LogP contribution in [0.1, 0.15) is 27.7 Å². The van der Waals surface area contributed by atoms with Crippen molar-refractivity contribution >= 4 is 11.9 Å². The molecule has 0 aromatic heterocycles. The average Bonchev–Trinajstić information content (AvgIpc) is 2.40. The molecule has 0 saturated heterocycles. The Morgan fingerprint density at radius 3 is 2.42 bits per heavy atom. The lowest BCUT2D eigenvalue weighted by atomic mass is 10.1. The molecule has 0 radical (unpaired) electrons. The number of nitrogens with zero attached hydrogens (tertiary/aromatic N) is 1. The predicted molar refractivity (Wildman–Crippen MR) is 76.2 cm³/mol. The van der Waals surface area contributed by atoms with Crippen LogP contribution in [-0.4, -0.2) is 51.4 Å². The number of hydrogen-bond donors (Lipinski definition) is 2. The number of esters is 1. The Morgan fingerprint density at radius 2 is 1.95 bits per heavy atom. The molecule has 6 nitrogen and oxygen atoms in total. The van der Waals surface area contributed by atoms with Crippen molar-refractivity contribution in [1.29, 1.82) is 0 Å². The first-order valence-corrected chi connectivity index (χ1v) is 6.51. The highest BCUT2D eigenvalue weighted by atomic mass is 16.5. The van der Waals surface area contributed by atoms with E-state index in [2.05, 4.69) is 20.4 Å². The SMILES string of the molecule is CCNC(=NCC(C)(C)OC)NCC(C)C(=O)OC. The van der Waals surface area contributed by atoms with Crippen LogP contribution in [0, 0.1) is 5.92 Å². The van der Waals surface area contributed by atoms with Crippen molar-refractivity contribution in [3.05, 3.63) is 0 Å². The molecule has 1 atom stereocenters. The molecule has 0 rings (SSSR count). The molecule has 2 N–H and O–H groups in total. The van der Waals surface area contributed by atoms with Gasteiger partial charge in [0.25, 0.3) is 0 Å². The van der Waals surface area contributed by atoms with Gasteiger partial charge in [-0.15, -0.1) is 0 Å². The number of hydrogen-bond acceptors (Lipinski definition) is 4.